The van der Waals surface area contributed by atoms with Gasteiger partial charge in [0.1, 0.15) is 0 Å². The molecule has 0 aliphatic heterocycles. The first-order valence-electron chi connectivity index (χ1n) is 3.06. The Hall–Kier alpha value is -0.412. The van der Waals surface area contributed by atoms with Crippen LogP contribution in [0.3, 0.4) is 0 Å². The average Bonchev–Trinajstić information content (AvgIpc) is 1.90. The predicted molar refractivity (Wildman–Crippen MR) is 44.7 cm³/mol. The molecular formula is C8H14N2W. The average molecular weight is 322 g/mol. The molecule has 1 N–H and O–H groups in total. The zero-order valence-electron chi connectivity index (χ0n) is 6.89. The topological polar surface area (TPSA) is 16.4 Å². The van der Waals surface area contributed by atoms with E-state index in [1.165, 1.54) is 0 Å². The van der Waals surface area contributed by atoms with Crippen molar-refractivity contribution >= 4 is 0 Å². The van der Waals surface area contributed by atoms with Crippen LogP contribution in [0.2, 0.25) is 0 Å². The van der Waals surface area contributed by atoms with Gasteiger partial charge < -0.3 is 17.1 Å². The van der Waals surface area contributed by atoms with Gasteiger partial charge in [0.15, 0.2) is 0 Å². The Labute approximate surface area is 84.2 Å². The molecule has 11 heavy (non-hydrogen) atoms. The molecular weight excluding hydrogens is 308 g/mol. The minimum atomic E-state index is 0. The van der Waals surface area contributed by atoms with E-state index in [0.29, 0.717) is 0 Å². The molecule has 0 aromatic rings. The second-order valence-electron chi connectivity index (χ2n) is 1.54. The van der Waals surface area contributed by atoms with Crippen LogP contribution >= 0.6 is 0 Å². The van der Waals surface area contributed by atoms with Gasteiger partial charge in [-0.05, 0) is 12.6 Å². The maximum absolute atomic E-state index is 5.72. The largest absolute Gasteiger partial charge is 2.00 e. The van der Waals surface area contributed by atoms with Crippen LogP contribution in [0.4, 0.5) is 0 Å². The fourth-order valence-electron chi connectivity index (χ4n) is 0.338. The fourth-order valence-corrected chi connectivity index (χ4v) is 0.338. The van der Waals surface area contributed by atoms with E-state index in [0.717, 1.165) is 18.7 Å². The first kappa shape index (κ1) is 16.9. The van der Waals surface area contributed by atoms with Crippen molar-refractivity contribution in [1.29, 1.82) is 0 Å². The Morgan fingerprint density at radius 3 is 2.18 bits per heavy atom. The van der Waals surface area contributed by atoms with Crippen molar-refractivity contribution in [3.05, 3.63) is 37.7 Å². The smallest absolute Gasteiger partial charge is 0.464 e. The summed E-state index contributed by atoms with van der Waals surface area (Å²) >= 11 is 0. The number of hydrogen-bond acceptors (Lipinski definition) is 1. The van der Waals surface area contributed by atoms with Gasteiger partial charge in [-0.1, -0.05) is 13.6 Å². The first-order chi connectivity index (χ1) is 4.72. The van der Waals surface area contributed by atoms with Gasteiger partial charge in [0, 0.05) is 6.54 Å². The number of hydrogen-bond donors (Lipinski definition) is 1. The second-order valence-corrected chi connectivity index (χ2v) is 1.54. The molecule has 0 bridgehead atoms. The van der Waals surface area contributed by atoms with E-state index in [-0.39, 0.29) is 21.1 Å². The molecule has 0 saturated carbocycles. The Bertz CT molecular complexity index is 116. The van der Waals surface area contributed by atoms with Gasteiger partial charge in [-0.25, -0.2) is 0 Å². The Morgan fingerprint density at radius 1 is 1.73 bits per heavy atom. The summed E-state index contributed by atoms with van der Waals surface area (Å²) in [6.07, 6.45) is 0.786. The maximum atomic E-state index is 5.72. The van der Waals surface area contributed by atoms with E-state index in [1.807, 2.05) is 6.92 Å². The third kappa shape index (κ3) is 26.2. The van der Waals surface area contributed by atoms with Crippen LogP contribution in [0.1, 0.15) is 13.3 Å². The van der Waals surface area contributed by atoms with Crippen molar-refractivity contribution in [3.8, 4) is 0 Å². The van der Waals surface area contributed by atoms with Crippen LogP contribution in [0.5, 0.6) is 0 Å². The van der Waals surface area contributed by atoms with Gasteiger partial charge in [-0.3, -0.25) is 6.57 Å². The van der Waals surface area contributed by atoms with Crippen molar-refractivity contribution in [1.82, 2.24) is 5.32 Å². The Morgan fingerprint density at radius 2 is 2.09 bits per heavy atom. The molecule has 0 rings (SSSR count). The van der Waals surface area contributed by atoms with Crippen LogP contribution in [0, 0.1) is 20.5 Å². The molecule has 0 aromatic heterocycles. The third-order valence-electron chi connectivity index (χ3n) is 0.729. The molecule has 0 atom stereocenters. The minimum Gasteiger partial charge on any atom is -0.464 e. The standard InChI is InChI=1S/C6H12N.C2H2N.W/c1-4-6(3)7-5-2;1-3-2;/h7H,1,3-5H2,2H3;1H2;/q2*-1;+2. The zero-order chi connectivity index (χ0) is 8.41. The minimum absolute atomic E-state index is 0. The zero-order valence-corrected chi connectivity index (χ0v) is 9.82. The van der Waals surface area contributed by atoms with Gasteiger partial charge in [0.25, 0.3) is 0 Å². The van der Waals surface area contributed by atoms with Gasteiger partial charge in [-0.15, -0.1) is 6.42 Å². The summed E-state index contributed by atoms with van der Waals surface area (Å²) in [5.74, 6) is 0. The quantitative estimate of drug-likeness (QED) is 0.787. The van der Waals surface area contributed by atoms with Crippen LogP contribution in [-0.2, 0) is 21.1 Å². The molecule has 2 nitrogen and oxygen atoms in total. The van der Waals surface area contributed by atoms with Crippen LogP contribution < -0.4 is 5.32 Å². The van der Waals surface area contributed by atoms with Gasteiger partial charge in [0.05, 0.1) is 0 Å². The normalized spacial score (nSPS) is 5.91. The van der Waals surface area contributed by atoms with Crippen molar-refractivity contribution in [2.24, 2.45) is 0 Å². The molecule has 0 heterocycles. The summed E-state index contributed by atoms with van der Waals surface area (Å²) in [6.45, 7) is 16.0. The first-order valence-corrected chi connectivity index (χ1v) is 3.06. The van der Waals surface area contributed by atoms with Gasteiger partial charge in [-0.2, -0.15) is 0 Å². The number of nitrogens with one attached hydrogen (secondary N) is 1. The summed E-state index contributed by atoms with van der Waals surface area (Å²) in [5, 5.41) is 3.04. The van der Waals surface area contributed by atoms with Crippen molar-refractivity contribution in [2.75, 3.05) is 6.54 Å². The summed E-state index contributed by atoms with van der Waals surface area (Å²) in [5.41, 5.74) is 1.02. The molecule has 0 unspecified atom stereocenters. The van der Waals surface area contributed by atoms with Crippen molar-refractivity contribution in [3.63, 3.8) is 0 Å². The molecule has 0 spiro atoms. The summed E-state index contributed by atoms with van der Waals surface area (Å²) in [6, 6.07) is 0. The van der Waals surface area contributed by atoms with Gasteiger partial charge >= 0.3 is 21.1 Å². The molecule has 0 aromatic carbocycles. The number of allylic oxidation sites excluding steroid dienone is 1. The van der Waals surface area contributed by atoms with Crippen molar-refractivity contribution < 1.29 is 21.1 Å². The number of rotatable bonds is 3. The predicted octanol–water partition coefficient (Wildman–Crippen LogP) is 2.03. The van der Waals surface area contributed by atoms with Crippen LogP contribution in [0.15, 0.2) is 12.3 Å². The maximum Gasteiger partial charge on any atom is 2.00 e. The van der Waals surface area contributed by atoms with Crippen molar-refractivity contribution in [2.45, 2.75) is 13.3 Å². The molecule has 0 fully saturated rings. The monoisotopic (exact) mass is 322 g/mol. The molecule has 62 valence electrons. The van der Waals surface area contributed by atoms with Crippen LogP contribution in [0.25, 0.3) is 4.85 Å². The molecule has 3 heteroatoms. The van der Waals surface area contributed by atoms with E-state index >= 15 is 0 Å². The molecule has 0 amide bonds. The SMILES string of the molecule is C=C(C[CH2-])NCC.[C-]#[N+][CH2-].[W+2]. The summed E-state index contributed by atoms with van der Waals surface area (Å²) in [7, 11) is 2.78. The summed E-state index contributed by atoms with van der Waals surface area (Å²) in [4.78, 5) is 2.50. The second kappa shape index (κ2) is 16.3. The molecule has 0 aliphatic carbocycles. The van der Waals surface area contributed by atoms with Gasteiger partial charge in [0.2, 0.25) is 0 Å². The van der Waals surface area contributed by atoms with E-state index in [9.17, 15) is 0 Å². The van der Waals surface area contributed by atoms with E-state index < -0.39 is 0 Å². The Kier molecular flexibility index (Phi) is 25.0. The summed E-state index contributed by atoms with van der Waals surface area (Å²) < 4.78 is 0. The van der Waals surface area contributed by atoms with E-state index in [2.05, 4.69) is 30.7 Å². The third-order valence-corrected chi connectivity index (χ3v) is 0.729. The van der Waals surface area contributed by atoms with E-state index in [4.69, 9.17) is 6.57 Å². The van der Waals surface area contributed by atoms with Crippen LogP contribution in [-0.4, -0.2) is 6.54 Å². The molecule has 0 radical (unpaired) electrons. The fraction of sp³-hybridized carbons (Fsp3) is 0.375. The molecule has 0 saturated heterocycles. The molecule has 0 aliphatic rings. The Balaban J connectivity index is -0.000000140. The number of nitrogens with zero attached hydrogens (tertiary/aromatic N) is 1. The van der Waals surface area contributed by atoms with E-state index in [1.54, 1.807) is 0 Å².